The van der Waals surface area contributed by atoms with Gasteiger partial charge in [0.15, 0.2) is 0 Å². The molecule has 1 aromatic rings. The zero-order valence-corrected chi connectivity index (χ0v) is 13.1. The monoisotopic (exact) mass is 308 g/mol. The van der Waals surface area contributed by atoms with Gasteiger partial charge in [-0.1, -0.05) is 44.2 Å². The molecule has 0 aliphatic rings. The molecule has 0 aromatic heterocycles. The molecule has 122 valence electrons. The summed E-state index contributed by atoms with van der Waals surface area (Å²) in [7, 11) is 0. The van der Waals surface area contributed by atoms with Crippen LogP contribution in [0.1, 0.15) is 32.3 Å². The van der Waals surface area contributed by atoms with Gasteiger partial charge in [-0.25, -0.2) is 5.43 Å². The zero-order chi connectivity index (χ0) is 16.4. The van der Waals surface area contributed by atoms with Crippen molar-refractivity contribution in [3.8, 4) is 0 Å². The van der Waals surface area contributed by atoms with Gasteiger partial charge in [0.2, 0.25) is 0 Å². The largest absolute Gasteiger partial charge is 0.464 e. The smallest absolute Gasteiger partial charge is 0.324 e. The van der Waals surface area contributed by atoms with Gasteiger partial charge in [0.05, 0.1) is 6.61 Å². The molecule has 0 bridgehead atoms. The van der Waals surface area contributed by atoms with E-state index in [1.807, 2.05) is 44.2 Å². The number of nitrogens with two attached hydrogens (primary N) is 1. The molecule has 0 saturated carbocycles. The molecule has 0 unspecified atom stereocenters. The van der Waals surface area contributed by atoms with E-state index in [4.69, 9.17) is 15.3 Å². The molecule has 22 heavy (non-hydrogen) atoms. The van der Waals surface area contributed by atoms with E-state index in [2.05, 4.69) is 5.43 Å². The second-order valence-corrected chi connectivity index (χ2v) is 5.31. The molecule has 1 aromatic carbocycles. The van der Waals surface area contributed by atoms with Crippen molar-refractivity contribution in [2.45, 2.75) is 39.3 Å². The van der Waals surface area contributed by atoms with E-state index in [0.29, 0.717) is 6.42 Å². The van der Waals surface area contributed by atoms with Crippen molar-refractivity contribution in [3.05, 3.63) is 35.9 Å². The quantitative estimate of drug-likeness (QED) is 0.311. The maximum atomic E-state index is 11.7. The third-order valence-electron chi connectivity index (χ3n) is 3.11. The van der Waals surface area contributed by atoms with Crippen molar-refractivity contribution in [2.75, 3.05) is 6.61 Å². The first kappa shape index (κ1) is 18.1. The first-order valence-corrected chi connectivity index (χ1v) is 7.37. The molecule has 3 N–H and O–H groups in total. The lowest BCUT2D eigenvalue weighted by atomic mass is 10.1. The fourth-order valence-corrected chi connectivity index (χ4v) is 1.82. The van der Waals surface area contributed by atoms with E-state index in [0.717, 1.165) is 5.56 Å². The average Bonchev–Trinajstić information content (AvgIpc) is 2.51. The van der Waals surface area contributed by atoms with Gasteiger partial charge in [0.25, 0.3) is 0 Å². The van der Waals surface area contributed by atoms with Crippen LogP contribution >= 0.6 is 0 Å². The van der Waals surface area contributed by atoms with E-state index in [9.17, 15) is 9.59 Å². The Morgan fingerprint density at radius 2 is 1.86 bits per heavy atom. The molecule has 0 saturated heterocycles. The van der Waals surface area contributed by atoms with Crippen LogP contribution in [0.4, 0.5) is 0 Å². The number of carbonyl (C=O) groups is 2. The third kappa shape index (κ3) is 6.69. The summed E-state index contributed by atoms with van der Waals surface area (Å²) in [5.41, 5.74) is 3.36. The van der Waals surface area contributed by atoms with Gasteiger partial charge < -0.3 is 9.47 Å². The number of esters is 2. The van der Waals surface area contributed by atoms with Crippen LogP contribution in [0, 0.1) is 5.92 Å². The molecule has 6 heteroatoms. The lowest BCUT2D eigenvalue weighted by Crippen LogP contribution is -2.46. The molecule has 0 aliphatic heterocycles. The SMILES string of the molecule is CC(C)[C@H](NN)C(=O)OCCCC(=O)OCc1ccccc1. The summed E-state index contributed by atoms with van der Waals surface area (Å²) in [5, 5.41) is 0. The summed E-state index contributed by atoms with van der Waals surface area (Å²) in [4.78, 5) is 23.3. The van der Waals surface area contributed by atoms with Gasteiger partial charge in [-0.2, -0.15) is 0 Å². The number of ether oxygens (including phenoxy) is 2. The van der Waals surface area contributed by atoms with Crippen molar-refractivity contribution < 1.29 is 19.1 Å². The predicted molar refractivity (Wildman–Crippen MR) is 82.4 cm³/mol. The minimum absolute atomic E-state index is 0.0355. The van der Waals surface area contributed by atoms with Crippen LogP contribution in [0.3, 0.4) is 0 Å². The fourth-order valence-electron chi connectivity index (χ4n) is 1.82. The molecule has 0 fully saturated rings. The summed E-state index contributed by atoms with van der Waals surface area (Å²) >= 11 is 0. The predicted octanol–water partition coefficient (Wildman–Crippen LogP) is 1.54. The zero-order valence-electron chi connectivity index (χ0n) is 13.1. The highest BCUT2D eigenvalue weighted by Gasteiger charge is 2.21. The summed E-state index contributed by atoms with van der Waals surface area (Å²) < 4.78 is 10.2. The van der Waals surface area contributed by atoms with Crippen LogP contribution in [0.2, 0.25) is 0 Å². The minimum Gasteiger partial charge on any atom is -0.464 e. The number of hydrazine groups is 1. The lowest BCUT2D eigenvalue weighted by molar-refractivity contribution is -0.150. The molecular formula is C16H24N2O4. The summed E-state index contributed by atoms with van der Waals surface area (Å²) in [6.45, 7) is 4.16. The summed E-state index contributed by atoms with van der Waals surface area (Å²) in [5.74, 6) is 4.62. The van der Waals surface area contributed by atoms with Crippen molar-refractivity contribution in [2.24, 2.45) is 11.8 Å². The number of nitrogens with one attached hydrogen (secondary N) is 1. The Balaban J connectivity index is 2.16. The second-order valence-electron chi connectivity index (χ2n) is 5.31. The number of hydrogen-bond acceptors (Lipinski definition) is 6. The van der Waals surface area contributed by atoms with Crippen molar-refractivity contribution in [1.29, 1.82) is 0 Å². The van der Waals surface area contributed by atoms with Crippen molar-refractivity contribution in [3.63, 3.8) is 0 Å². The Hall–Kier alpha value is -1.92. The first-order chi connectivity index (χ1) is 10.5. The Bertz CT molecular complexity index is 462. The Morgan fingerprint density at radius 3 is 2.45 bits per heavy atom. The first-order valence-electron chi connectivity index (χ1n) is 7.37. The van der Waals surface area contributed by atoms with Crippen LogP contribution in [-0.4, -0.2) is 24.6 Å². The highest BCUT2D eigenvalue weighted by Crippen LogP contribution is 2.05. The second kappa shape index (κ2) is 9.92. The van der Waals surface area contributed by atoms with Crippen molar-refractivity contribution >= 4 is 11.9 Å². The fraction of sp³-hybridized carbons (Fsp3) is 0.500. The molecule has 1 atom stereocenters. The molecule has 1 rings (SSSR count). The number of rotatable bonds is 9. The van der Waals surface area contributed by atoms with Crippen LogP contribution in [0.15, 0.2) is 30.3 Å². The number of hydrogen-bond donors (Lipinski definition) is 2. The maximum Gasteiger partial charge on any atom is 0.324 e. The van der Waals surface area contributed by atoms with E-state index in [1.165, 1.54) is 0 Å². The molecule has 0 radical (unpaired) electrons. The third-order valence-corrected chi connectivity index (χ3v) is 3.11. The normalized spacial score (nSPS) is 12.0. The average molecular weight is 308 g/mol. The Kier molecular flexibility index (Phi) is 8.17. The van der Waals surface area contributed by atoms with E-state index >= 15 is 0 Å². The van der Waals surface area contributed by atoms with Crippen molar-refractivity contribution in [1.82, 2.24) is 5.43 Å². The molecule has 0 amide bonds. The van der Waals surface area contributed by atoms with Gasteiger partial charge in [0.1, 0.15) is 12.6 Å². The van der Waals surface area contributed by atoms with Gasteiger partial charge in [-0.3, -0.25) is 15.4 Å². The van der Waals surface area contributed by atoms with E-state index < -0.39 is 12.0 Å². The van der Waals surface area contributed by atoms with E-state index in [-0.39, 0.29) is 31.5 Å². The van der Waals surface area contributed by atoms with Crippen LogP contribution < -0.4 is 11.3 Å². The van der Waals surface area contributed by atoms with E-state index in [1.54, 1.807) is 0 Å². The molecular weight excluding hydrogens is 284 g/mol. The van der Waals surface area contributed by atoms with Gasteiger partial charge >= 0.3 is 11.9 Å². The summed E-state index contributed by atoms with van der Waals surface area (Å²) in [6.07, 6.45) is 0.636. The number of benzene rings is 1. The maximum absolute atomic E-state index is 11.7. The highest BCUT2D eigenvalue weighted by atomic mass is 16.5. The number of carbonyl (C=O) groups excluding carboxylic acids is 2. The molecule has 0 aliphatic carbocycles. The standard InChI is InChI=1S/C16H24N2O4/c1-12(2)15(18-17)16(20)21-10-6-9-14(19)22-11-13-7-4-3-5-8-13/h3-5,7-8,12,15,18H,6,9-11,17H2,1-2H3/t15-/m0/s1. The summed E-state index contributed by atoms with van der Waals surface area (Å²) in [6, 6.07) is 8.92. The van der Waals surface area contributed by atoms with Gasteiger partial charge in [-0.15, -0.1) is 0 Å². The molecule has 0 heterocycles. The highest BCUT2D eigenvalue weighted by molar-refractivity contribution is 5.76. The minimum atomic E-state index is -0.537. The van der Waals surface area contributed by atoms with Crippen LogP contribution in [-0.2, 0) is 25.7 Å². The molecule has 0 spiro atoms. The Labute approximate surface area is 130 Å². The topological polar surface area (TPSA) is 90.6 Å². The van der Waals surface area contributed by atoms with Gasteiger partial charge in [-0.05, 0) is 17.9 Å². The molecule has 6 nitrogen and oxygen atoms in total. The van der Waals surface area contributed by atoms with Gasteiger partial charge in [0, 0.05) is 6.42 Å². The Morgan fingerprint density at radius 1 is 1.18 bits per heavy atom. The lowest BCUT2D eigenvalue weighted by Gasteiger charge is -2.17. The van der Waals surface area contributed by atoms with Crippen LogP contribution in [0.5, 0.6) is 0 Å². The van der Waals surface area contributed by atoms with Crippen LogP contribution in [0.25, 0.3) is 0 Å².